The monoisotopic (exact) mass is 224 g/mol. The van der Waals surface area contributed by atoms with Gasteiger partial charge in [0.2, 0.25) is 0 Å². The molecule has 0 radical (unpaired) electrons. The number of hydrogen-bond donors (Lipinski definition) is 1. The fraction of sp³-hybridized carbons (Fsp3) is 1.00. The second kappa shape index (κ2) is 5.03. The highest BCUT2D eigenvalue weighted by atomic mass is 16.5. The van der Waals surface area contributed by atoms with Crippen molar-refractivity contribution >= 4 is 0 Å². The van der Waals surface area contributed by atoms with Gasteiger partial charge in [0, 0.05) is 38.8 Å². The minimum absolute atomic E-state index is 0.495. The highest BCUT2D eigenvalue weighted by Crippen LogP contribution is 2.36. The first-order valence-corrected chi connectivity index (χ1v) is 6.98. The van der Waals surface area contributed by atoms with Crippen LogP contribution in [0.1, 0.15) is 32.1 Å². The van der Waals surface area contributed by atoms with Crippen LogP contribution >= 0.6 is 0 Å². The normalized spacial score (nSPS) is 38.6. The smallest absolute Gasteiger partial charge is 0.0700 e. The zero-order chi connectivity index (χ0) is 10.8. The summed E-state index contributed by atoms with van der Waals surface area (Å²) in [5, 5.41) is 3.55. The van der Waals surface area contributed by atoms with E-state index in [2.05, 4.69) is 10.2 Å². The molecule has 1 aliphatic carbocycles. The van der Waals surface area contributed by atoms with E-state index >= 15 is 0 Å². The predicted octanol–water partition coefficient (Wildman–Crippen LogP) is 1.24. The van der Waals surface area contributed by atoms with Crippen molar-refractivity contribution in [1.82, 2.24) is 10.2 Å². The van der Waals surface area contributed by atoms with Gasteiger partial charge in [0.15, 0.2) is 0 Å². The summed E-state index contributed by atoms with van der Waals surface area (Å²) in [5.41, 5.74) is 0. The average molecular weight is 224 g/mol. The van der Waals surface area contributed by atoms with Crippen molar-refractivity contribution in [3.63, 3.8) is 0 Å². The molecule has 3 fully saturated rings. The zero-order valence-electron chi connectivity index (χ0n) is 10.2. The first kappa shape index (κ1) is 11.0. The first-order chi connectivity index (χ1) is 7.92. The van der Waals surface area contributed by atoms with Gasteiger partial charge in [-0.15, -0.1) is 0 Å². The lowest BCUT2D eigenvalue weighted by Crippen LogP contribution is -2.39. The summed E-state index contributed by atoms with van der Waals surface area (Å²) in [6, 6.07) is 0.925. The van der Waals surface area contributed by atoms with Crippen LogP contribution in [0.4, 0.5) is 0 Å². The molecule has 3 aliphatic rings. The van der Waals surface area contributed by atoms with Crippen molar-refractivity contribution < 1.29 is 4.74 Å². The number of nitrogens with one attached hydrogen (secondary N) is 1. The second-order valence-electron chi connectivity index (χ2n) is 5.67. The van der Waals surface area contributed by atoms with Gasteiger partial charge in [-0.3, -0.25) is 4.90 Å². The Morgan fingerprint density at radius 3 is 2.94 bits per heavy atom. The Balaban J connectivity index is 1.29. The Labute approximate surface area is 98.5 Å². The Hall–Kier alpha value is -0.120. The number of nitrogens with zero attached hydrogens (tertiary/aromatic N) is 1. The molecule has 3 atom stereocenters. The topological polar surface area (TPSA) is 24.5 Å². The van der Waals surface area contributed by atoms with Crippen LogP contribution in [-0.4, -0.2) is 49.8 Å². The number of likely N-dealkylation sites (tertiary alicyclic amines) is 1. The van der Waals surface area contributed by atoms with E-state index in [0.29, 0.717) is 6.10 Å². The Bertz CT molecular complexity index is 228. The fourth-order valence-electron chi connectivity index (χ4n) is 3.59. The van der Waals surface area contributed by atoms with Crippen molar-refractivity contribution in [2.75, 3.05) is 32.8 Å². The molecular formula is C13H24N2O. The molecule has 92 valence electrons. The number of ether oxygens (including phenoxy) is 1. The largest absolute Gasteiger partial charge is 0.377 e. The zero-order valence-corrected chi connectivity index (χ0v) is 10.2. The molecule has 1 saturated carbocycles. The average Bonchev–Trinajstić information content (AvgIpc) is 3.01. The predicted molar refractivity (Wildman–Crippen MR) is 64.5 cm³/mol. The van der Waals surface area contributed by atoms with Crippen molar-refractivity contribution in [2.45, 2.75) is 44.2 Å². The van der Waals surface area contributed by atoms with Crippen molar-refractivity contribution in [1.29, 1.82) is 0 Å². The lowest BCUT2D eigenvalue weighted by molar-refractivity contribution is 0.108. The van der Waals surface area contributed by atoms with Crippen LogP contribution in [0, 0.1) is 5.92 Å². The first-order valence-electron chi connectivity index (χ1n) is 6.98. The van der Waals surface area contributed by atoms with Crippen LogP contribution in [0.5, 0.6) is 0 Å². The fourth-order valence-corrected chi connectivity index (χ4v) is 3.59. The Morgan fingerprint density at radius 2 is 2.25 bits per heavy atom. The molecule has 0 amide bonds. The summed E-state index contributed by atoms with van der Waals surface area (Å²) in [5.74, 6) is 1.03. The Kier molecular flexibility index (Phi) is 3.46. The maximum absolute atomic E-state index is 5.60. The van der Waals surface area contributed by atoms with E-state index in [1.165, 1.54) is 45.2 Å². The second-order valence-corrected chi connectivity index (χ2v) is 5.67. The van der Waals surface area contributed by atoms with E-state index in [9.17, 15) is 0 Å². The summed E-state index contributed by atoms with van der Waals surface area (Å²) in [7, 11) is 0. The summed E-state index contributed by atoms with van der Waals surface area (Å²) < 4.78 is 5.60. The molecule has 3 rings (SSSR count). The number of rotatable bonds is 5. The van der Waals surface area contributed by atoms with Crippen LogP contribution in [0.15, 0.2) is 0 Å². The molecule has 0 aromatic carbocycles. The maximum Gasteiger partial charge on any atom is 0.0700 e. The van der Waals surface area contributed by atoms with Crippen LogP contribution in [0.2, 0.25) is 0 Å². The third-order valence-electron chi connectivity index (χ3n) is 4.49. The molecule has 3 heteroatoms. The maximum atomic E-state index is 5.60. The van der Waals surface area contributed by atoms with Crippen molar-refractivity contribution in [3.8, 4) is 0 Å². The standard InChI is InChI=1S/C13H24N2O/c1-2-13(16-7-1)9-14-5-6-15-10-11-3-4-12(15)8-11/h11-14H,1-10H2. The summed E-state index contributed by atoms with van der Waals surface area (Å²) >= 11 is 0. The van der Waals surface area contributed by atoms with E-state index in [-0.39, 0.29) is 0 Å². The quantitative estimate of drug-likeness (QED) is 0.711. The molecule has 2 aliphatic heterocycles. The van der Waals surface area contributed by atoms with E-state index in [4.69, 9.17) is 4.74 Å². The lowest BCUT2D eigenvalue weighted by atomic mass is 10.1. The van der Waals surface area contributed by atoms with Gasteiger partial charge in [-0.25, -0.2) is 0 Å². The van der Waals surface area contributed by atoms with E-state index in [1.807, 2.05) is 0 Å². The van der Waals surface area contributed by atoms with Gasteiger partial charge >= 0.3 is 0 Å². The van der Waals surface area contributed by atoms with Crippen LogP contribution in [-0.2, 0) is 4.74 Å². The van der Waals surface area contributed by atoms with E-state index in [0.717, 1.165) is 31.7 Å². The van der Waals surface area contributed by atoms with Gasteiger partial charge in [-0.2, -0.15) is 0 Å². The molecule has 2 heterocycles. The molecule has 1 N–H and O–H groups in total. The van der Waals surface area contributed by atoms with Crippen LogP contribution < -0.4 is 5.32 Å². The minimum atomic E-state index is 0.495. The molecule has 2 saturated heterocycles. The van der Waals surface area contributed by atoms with E-state index in [1.54, 1.807) is 0 Å². The third kappa shape index (κ3) is 2.41. The highest BCUT2D eigenvalue weighted by molar-refractivity contribution is 4.92. The molecule has 0 aromatic heterocycles. The summed E-state index contributed by atoms with van der Waals surface area (Å²) in [6.07, 6.45) is 7.42. The van der Waals surface area contributed by atoms with Gasteiger partial charge in [0.05, 0.1) is 6.10 Å². The van der Waals surface area contributed by atoms with Crippen LogP contribution in [0.25, 0.3) is 0 Å². The molecular weight excluding hydrogens is 200 g/mol. The minimum Gasteiger partial charge on any atom is -0.377 e. The molecule has 2 bridgehead atoms. The van der Waals surface area contributed by atoms with Crippen LogP contribution in [0.3, 0.4) is 0 Å². The van der Waals surface area contributed by atoms with Gasteiger partial charge in [0.25, 0.3) is 0 Å². The molecule has 3 nitrogen and oxygen atoms in total. The summed E-state index contributed by atoms with van der Waals surface area (Å²) in [4.78, 5) is 2.69. The Morgan fingerprint density at radius 1 is 1.25 bits per heavy atom. The summed E-state index contributed by atoms with van der Waals surface area (Å²) in [6.45, 7) is 5.79. The van der Waals surface area contributed by atoms with Gasteiger partial charge in [0.1, 0.15) is 0 Å². The molecule has 0 aromatic rings. The van der Waals surface area contributed by atoms with Crippen molar-refractivity contribution in [2.24, 2.45) is 5.92 Å². The lowest BCUT2D eigenvalue weighted by Gasteiger charge is -2.26. The number of piperidine rings is 1. The highest BCUT2D eigenvalue weighted by Gasteiger charge is 2.36. The molecule has 0 spiro atoms. The van der Waals surface area contributed by atoms with E-state index < -0.39 is 0 Å². The van der Waals surface area contributed by atoms with Gasteiger partial charge in [-0.1, -0.05) is 0 Å². The molecule has 3 unspecified atom stereocenters. The van der Waals surface area contributed by atoms with Gasteiger partial charge < -0.3 is 10.1 Å². The SMILES string of the molecule is C1COC(CNCCN2CC3CCC2C3)C1. The number of fused-ring (bicyclic) bond motifs is 2. The van der Waals surface area contributed by atoms with Crippen molar-refractivity contribution in [3.05, 3.63) is 0 Å². The molecule has 16 heavy (non-hydrogen) atoms. The third-order valence-corrected chi connectivity index (χ3v) is 4.49. The van der Waals surface area contributed by atoms with Gasteiger partial charge in [-0.05, 0) is 38.0 Å². The number of hydrogen-bond acceptors (Lipinski definition) is 3.